The SMILES string of the molecule is C1=CC(C2=Cc3c(oc4ccc(-n5c6ccccc6c6ccccc65)cc34)CC2)CC(c2cccc(-c3ccc4oc5ccc(-n6c7ccccc7c7ccccc76)cc5c4c3)c2)=C1. The Bertz CT molecular complexity index is 3900. The van der Waals surface area contributed by atoms with Crippen molar-refractivity contribution in [1.29, 1.82) is 0 Å². The number of allylic oxidation sites excluding steroid dienone is 5. The fourth-order valence-corrected chi connectivity index (χ4v) is 11.0. The van der Waals surface area contributed by atoms with Crippen molar-refractivity contribution in [3.63, 3.8) is 0 Å². The third-order valence-corrected chi connectivity index (χ3v) is 14.0. The molecule has 0 saturated heterocycles. The topological polar surface area (TPSA) is 36.1 Å². The predicted octanol–water partition coefficient (Wildman–Crippen LogP) is 16.2. The van der Waals surface area contributed by atoms with Crippen LogP contribution in [0.2, 0.25) is 0 Å². The molecular formula is C60H40N2O2. The van der Waals surface area contributed by atoms with Gasteiger partial charge < -0.3 is 18.0 Å². The van der Waals surface area contributed by atoms with E-state index >= 15 is 0 Å². The van der Waals surface area contributed by atoms with E-state index in [1.54, 1.807) is 0 Å². The lowest BCUT2D eigenvalue weighted by Gasteiger charge is -2.24. The maximum Gasteiger partial charge on any atom is 0.135 e. The Morgan fingerprint density at radius 1 is 0.422 bits per heavy atom. The summed E-state index contributed by atoms with van der Waals surface area (Å²) in [6.45, 7) is 0. The number of rotatable bonds is 5. The minimum atomic E-state index is 0.319. The standard InChI is InChI=1S/C60H40N2O2/c1-5-19-53-45(15-1)46-16-2-6-20-54(46)61(53)43-25-29-59-51(35-43)49-33-41(23-27-57(49)63-59)39-13-9-11-37(31-39)38-12-10-14-40(32-38)42-24-28-58-50(34-42)52-36-44(26-30-60(52)64-58)62-55-21-7-3-17-47(55)48-18-4-8-22-56(48)62/h1-23,25-27,29-31,33-36,40H,24,28,32H2. The maximum atomic E-state index is 6.53. The van der Waals surface area contributed by atoms with Gasteiger partial charge in [-0.25, -0.2) is 0 Å². The van der Waals surface area contributed by atoms with Crippen LogP contribution < -0.4 is 0 Å². The largest absolute Gasteiger partial charge is 0.460 e. The molecule has 2 aliphatic carbocycles. The molecule has 4 nitrogen and oxygen atoms in total. The highest BCUT2D eigenvalue weighted by molar-refractivity contribution is 6.12. The van der Waals surface area contributed by atoms with Crippen LogP contribution in [0.5, 0.6) is 0 Å². The minimum Gasteiger partial charge on any atom is -0.460 e. The highest BCUT2D eigenvalue weighted by Crippen LogP contribution is 2.43. The van der Waals surface area contributed by atoms with Crippen LogP contribution in [-0.2, 0) is 6.42 Å². The first kappa shape index (κ1) is 35.5. The second kappa shape index (κ2) is 13.7. The fraction of sp³-hybridized carbons (Fsp3) is 0.0667. The van der Waals surface area contributed by atoms with Crippen molar-refractivity contribution >= 4 is 88.2 Å². The number of fused-ring (bicyclic) bond motifs is 12. The summed E-state index contributed by atoms with van der Waals surface area (Å²) in [5.41, 5.74) is 17.6. The Labute approximate surface area is 368 Å². The van der Waals surface area contributed by atoms with Crippen molar-refractivity contribution in [2.75, 3.05) is 0 Å². The van der Waals surface area contributed by atoms with E-state index in [9.17, 15) is 0 Å². The van der Waals surface area contributed by atoms with E-state index in [1.807, 2.05) is 0 Å². The Kier molecular flexibility index (Phi) is 7.61. The molecule has 0 N–H and O–H groups in total. The van der Waals surface area contributed by atoms with Crippen LogP contribution >= 0.6 is 0 Å². The van der Waals surface area contributed by atoms with Crippen molar-refractivity contribution in [3.8, 4) is 22.5 Å². The van der Waals surface area contributed by atoms with Gasteiger partial charge in [-0.15, -0.1) is 0 Å². The Morgan fingerprint density at radius 3 is 1.59 bits per heavy atom. The number of nitrogens with zero attached hydrogens (tertiary/aromatic N) is 2. The van der Waals surface area contributed by atoms with Gasteiger partial charge in [0.25, 0.3) is 0 Å². The van der Waals surface area contributed by atoms with Gasteiger partial charge in [-0.2, -0.15) is 0 Å². The van der Waals surface area contributed by atoms with Gasteiger partial charge in [0, 0.05) is 67.0 Å². The molecule has 2 aliphatic rings. The first-order chi connectivity index (χ1) is 31.7. The van der Waals surface area contributed by atoms with Crippen LogP contribution in [0.1, 0.15) is 29.7 Å². The molecule has 0 amide bonds. The molecule has 0 aliphatic heterocycles. The Hall–Kier alpha value is -8.08. The normalized spacial score (nSPS) is 15.3. The highest BCUT2D eigenvalue weighted by atomic mass is 16.3. The molecule has 0 saturated carbocycles. The van der Waals surface area contributed by atoms with Crippen LogP contribution in [0.25, 0.3) is 111 Å². The highest BCUT2D eigenvalue weighted by Gasteiger charge is 2.25. The fourth-order valence-electron chi connectivity index (χ4n) is 11.0. The van der Waals surface area contributed by atoms with E-state index in [4.69, 9.17) is 8.83 Å². The number of benzene rings is 8. The third kappa shape index (κ3) is 5.36. The summed E-state index contributed by atoms with van der Waals surface area (Å²) < 4.78 is 17.7. The molecule has 0 radical (unpaired) electrons. The number of hydrogen-bond donors (Lipinski definition) is 0. The molecule has 14 rings (SSSR count). The number of aryl methyl sites for hydroxylation is 1. The summed E-state index contributed by atoms with van der Waals surface area (Å²) >= 11 is 0. The molecule has 8 aromatic carbocycles. The van der Waals surface area contributed by atoms with Gasteiger partial charge in [-0.3, -0.25) is 0 Å². The third-order valence-electron chi connectivity index (χ3n) is 14.0. The lowest BCUT2D eigenvalue weighted by molar-refractivity contribution is 0.536. The molecule has 1 atom stereocenters. The molecule has 0 bridgehead atoms. The summed E-state index contributed by atoms with van der Waals surface area (Å²) in [4.78, 5) is 0. The molecule has 64 heavy (non-hydrogen) atoms. The van der Waals surface area contributed by atoms with E-state index in [0.29, 0.717) is 5.92 Å². The summed E-state index contributed by atoms with van der Waals surface area (Å²) in [6, 6.07) is 63.7. The van der Waals surface area contributed by atoms with Gasteiger partial charge in [0.1, 0.15) is 22.5 Å². The number of para-hydroxylation sites is 4. The first-order valence-corrected chi connectivity index (χ1v) is 22.4. The van der Waals surface area contributed by atoms with E-state index in [0.717, 1.165) is 63.9 Å². The molecule has 1 unspecified atom stereocenters. The summed E-state index contributed by atoms with van der Waals surface area (Å²) in [7, 11) is 0. The number of aromatic nitrogens is 2. The molecule has 12 aromatic rings. The van der Waals surface area contributed by atoms with Crippen LogP contribution in [0.4, 0.5) is 0 Å². The Morgan fingerprint density at radius 2 is 0.953 bits per heavy atom. The van der Waals surface area contributed by atoms with E-state index in [2.05, 4.69) is 209 Å². The van der Waals surface area contributed by atoms with Crippen LogP contribution in [0.3, 0.4) is 0 Å². The zero-order valence-electron chi connectivity index (χ0n) is 35.0. The predicted molar refractivity (Wildman–Crippen MR) is 266 cm³/mol. The van der Waals surface area contributed by atoms with Gasteiger partial charge >= 0.3 is 0 Å². The van der Waals surface area contributed by atoms with Crippen molar-refractivity contribution in [2.45, 2.75) is 19.3 Å². The number of furan rings is 2. The zero-order chi connectivity index (χ0) is 41.9. The van der Waals surface area contributed by atoms with Crippen molar-refractivity contribution < 1.29 is 8.83 Å². The minimum absolute atomic E-state index is 0.319. The van der Waals surface area contributed by atoms with E-state index < -0.39 is 0 Å². The second-order valence-electron chi connectivity index (χ2n) is 17.5. The molecule has 0 fully saturated rings. The Balaban J connectivity index is 0.782. The molecule has 4 aromatic heterocycles. The van der Waals surface area contributed by atoms with Gasteiger partial charge in [0.15, 0.2) is 0 Å². The van der Waals surface area contributed by atoms with Gasteiger partial charge in [-0.1, -0.05) is 127 Å². The summed E-state index contributed by atoms with van der Waals surface area (Å²) in [5, 5.41) is 8.48. The van der Waals surface area contributed by atoms with E-state index in [1.165, 1.54) is 82.4 Å². The zero-order valence-corrected chi connectivity index (χ0v) is 35.0. The molecular weight excluding hydrogens is 781 g/mol. The quantitative estimate of drug-likeness (QED) is 0.173. The van der Waals surface area contributed by atoms with Crippen LogP contribution in [0.15, 0.2) is 209 Å². The maximum absolute atomic E-state index is 6.53. The molecule has 302 valence electrons. The van der Waals surface area contributed by atoms with Crippen molar-refractivity contribution in [2.24, 2.45) is 5.92 Å². The lowest BCUT2D eigenvalue weighted by atomic mass is 9.80. The smallest absolute Gasteiger partial charge is 0.135 e. The van der Waals surface area contributed by atoms with Crippen LogP contribution in [-0.4, -0.2) is 9.13 Å². The monoisotopic (exact) mass is 820 g/mol. The first-order valence-electron chi connectivity index (χ1n) is 22.4. The molecule has 4 heterocycles. The average Bonchev–Trinajstić information content (AvgIpc) is 4.11. The molecule has 0 spiro atoms. The van der Waals surface area contributed by atoms with Gasteiger partial charge in [0.2, 0.25) is 0 Å². The second-order valence-corrected chi connectivity index (χ2v) is 17.5. The van der Waals surface area contributed by atoms with Crippen molar-refractivity contribution in [3.05, 3.63) is 217 Å². The summed E-state index contributed by atoms with van der Waals surface area (Å²) in [6.07, 6.45) is 12.3. The van der Waals surface area contributed by atoms with Crippen molar-refractivity contribution in [1.82, 2.24) is 9.13 Å². The van der Waals surface area contributed by atoms with Gasteiger partial charge in [-0.05, 0) is 114 Å². The number of hydrogen-bond acceptors (Lipinski definition) is 2. The van der Waals surface area contributed by atoms with E-state index in [-0.39, 0.29) is 0 Å². The average molecular weight is 821 g/mol. The van der Waals surface area contributed by atoms with Gasteiger partial charge in [0.05, 0.1) is 22.1 Å². The molecule has 4 heteroatoms. The van der Waals surface area contributed by atoms with Crippen LogP contribution in [0, 0.1) is 5.92 Å². The lowest BCUT2D eigenvalue weighted by Crippen LogP contribution is -2.09. The summed E-state index contributed by atoms with van der Waals surface area (Å²) in [5.74, 6) is 1.41.